The van der Waals surface area contributed by atoms with Gasteiger partial charge in [-0.3, -0.25) is 9.78 Å². The van der Waals surface area contributed by atoms with Gasteiger partial charge in [0.1, 0.15) is 10.8 Å². The molecule has 0 spiro atoms. The molecule has 1 aromatic carbocycles. The molecule has 134 valence electrons. The molecule has 1 atom stereocenters. The normalized spacial score (nSPS) is 11.8. The minimum Gasteiger partial charge on any atom is -0.494 e. The Kier molecular flexibility index (Phi) is 5.96. The van der Waals surface area contributed by atoms with E-state index in [0.29, 0.717) is 6.61 Å². The lowest BCUT2D eigenvalue weighted by Crippen LogP contribution is -2.28. The molecule has 1 amide bonds. The molecular weight excluding hydrogens is 346 g/mol. The maximum atomic E-state index is 12.3. The number of aromatic nitrogens is 2. The number of ether oxygens (including phenoxy) is 1. The lowest BCUT2D eigenvalue weighted by molar-refractivity contribution is -0.121. The molecule has 3 aromatic rings. The zero-order valence-corrected chi connectivity index (χ0v) is 15.6. The van der Waals surface area contributed by atoms with Crippen molar-refractivity contribution in [2.45, 2.75) is 26.3 Å². The Balaban J connectivity index is 1.57. The number of hydrogen-bond acceptors (Lipinski definition) is 5. The number of pyridine rings is 1. The lowest BCUT2D eigenvalue weighted by atomic mass is 10.1. The van der Waals surface area contributed by atoms with E-state index in [0.717, 1.165) is 27.6 Å². The number of nitrogens with one attached hydrogen (secondary N) is 1. The van der Waals surface area contributed by atoms with Crippen molar-refractivity contribution in [1.29, 1.82) is 0 Å². The van der Waals surface area contributed by atoms with E-state index in [2.05, 4.69) is 15.3 Å². The van der Waals surface area contributed by atoms with Gasteiger partial charge in [0, 0.05) is 23.3 Å². The minimum absolute atomic E-state index is 0.0468. The summed E-state index contributed by atoms with van der Waals surface area (Å²) in [7, 11) is 0. The van der Waals surface area contributed by atoms with Gasteiger partial charge in [0.2, 0.25) is 5.91 Å². The predicted molar refractivity (Wildman–Crippen MR) is 103 cm³/mol. The van der Waals surface area contributed by atoms with Crippen LogP contribution in [0, 0.1) is 0 Å². The number of carbonyl (C=O) groups is 1. The summed E-state index contributed by atoms with van der Waals surface area (Å²) in [6.07, 6.45) is 3.77. The van der Waals surface area contributed by atoms with Crippen LogP contribution < -0.4 is 10.1 Å². The molecule has 0 aliphatic heterocycles. The van der Waals surface area contributed by atoms with E-state index in [1.165, 1.54) is 11.3 Å². The van der Waals surface area contributed by atoms with Gasteiger partial charge < -0.3 is 10.1 Å². The summed E-state index contributed by atoms with van der Waals surface area (Å²) in [6.45, 7) is 4.56. The van der Waals surface area contributed by atoms with Crippen LogP contribution in [0.3, 0.4) is 0 Å². The van der Waals surface area contributed by atoms with Gasteiger partial charge >= 0.3 is 0 Å². The molecule has 26 heavy (non-hydrogen) atoms. The van der Waals surface area contributed by atoms with Crippen LogP contribution in [0.15, 0.2) is 54.2 Å². The molecule has 0 saturated heterocycles. The van der Waals surface area contributed by atoms with Crippen LogP contribution in [0.2, 0.25) is 0 Å². The van der Waals surface area contributed by atoms with E-state index >= 15 is 0 Å². The van der Waals surface area contributed by atoms with Crippen molar-refractivity contribution in [3.05, 3.63) is 65.4 Å². The predicted octanol–water partition coefficient (Wildman–Crippen LogP) is 4.02. The highest BCUT2D eigenvalue weighted by atomic mass is 32.1. The molecular formula is C20H21N3O2S. The summed E-state index contributed by atoms with van der Waals surface area (Å²) >= 11 is 1.52. The first kappa shape index (κ1) is 18.1. The van der Waals surface area contributed by atoms with Gasteiger partial charge in [0.15, 0.2) is 0 Å². The van der Waals surface area contributed by atoms with Crippen LogP contribution in [-0.4, -0.2) is 22.5 Å². The number of nitrogens with zero attached hydrogens (tertiary/aromatic N) is 2. The van der Waals surface area contributed by atoms with Gasteiger partial charge in [-0.2, -0.15) is 0 Å². The van der Waals surface area contributed by atoms with E-state index in [1.807, 2.05) is 55.6 Å². The van der Waals surface area contributed by atoms with Crippen molar-refractivity contribution in [2.75, 3.05) is 6.61 Å². The van der Waals surface area contributed by atoms with Gasteiger partial charge in [0.25, 0.3) is 0 Å². The summed E-state index contributed by atoms with van der Waals surface area (Å²) in [6, 6.07) is 11.5. The SMILES string of the molecule is CCOc1ccc(C(C)NC(=O)Cc2csc(-c3cccnc3)n2)cc1. The van der Waals surface area contributed by atoms with E-state index < -0.39 is 0 Å². The number of amides is 1. The Morgan fingerprint density at radius 1 is 1.27 bits per heavy atom. The summed E-state index contributed by atoms with van der Waals surface area (Å²) in [4.78, 5) is 21.0. The van der Waals surface area contributed by atoms with E-state index in [4.69, 9.17) is 4.74 Å². The summed E-state index contributed by atoms with van der Waals surface area (Å²) in [5, 5.41) is 5.81. The fraction of sp³-hybridized carbons (Fsp3) is 0.250. The van der Waals surface area contributed by atoms with Gasteiger partial charge in [0.05, 0.1) is 24.8 Å². The molecule has 3 rings (SSSR count). The van der Waals surface area contributed by atoms with Crippen LogP contribution in [0.5, 0.6) is 5.75 Å². The van der Waals surface area contributed by atoms with Crippen molar-refractivity contribution in [2.24, 2.45) is 0 Å². The Morgan fingerprint density at radius 2 is 2.08 bits per heavy atom. The molecule has 0 radical (unpaired) electrons. The minimum atomic E-state index is -0.0744. The first-order valence-electron chi connectivity index (χ1n) is 8.52. The third-order valence-electron chi connectivity index (χ3n) is 3.87. The molecule has 0 fully saturated rings. The van der Waals surface area contributed by atoms with E-state index in [1.54, 1.807) is 12.4 Å². The number of hydrogen-bond donors (Lipinski definition) is 1. The Hall–Kier alpha value is -2.73. The third-order valence-corrected chi connectivity index (χ3v) is 4.81. The molecule has 2 heterocycles. The van der Waals surface area contributed by atoms with Gasteiger partial charge in [-0.15, -0.1) is 11.3 Å². The highest BCUT2D eigenvalue weighted by Gasteiger charge is 2.13. The summed E-state index contributed by atoms with van der Waals surface area (Å²) in [5.74, 6) is 0.787. The fourth-order valence-corrected chi connectivity index (χ4v) is 3.38. The molecule has 0 aliphatic carbocycles. The quantitative estimate of drug-likeness (QED) is 0.685. The average Bonchev–Trinajstić information content (AvgIpc) is 3.11. The van der Waals surface area contributed by atoms with Crippen molar-refractivity contribution in [1.82, 2.24) is 15.3 Å². The summed E-state index contributed by atoms with van der Waals surface area (Å²) in [5.41, 5.74) is 2.77. The molecule has 1 unspecified atom stereocenters. The van der Waals surface area contributed by atoms with Crippen LogP contribution in [-0.2, 0) is 11.2 Å². The van der Waals surface area contributed by atoms with E-state index in [9.17, 15) is 4.79 Å². The molecule has 5 nitrogen and oxygen atoms in total. The Labute approximate surface area is 157 Å². The Bertz CT molecular complexity index is 847. The monoisotopic (exact) mass is 367 g/mol. The highest BCUT2D eigenvalue weighted by Crippen LogP contribution is 2.23. The first-order chi connectivity index (χ1) is 12.7. The fourth-order valence-electron chi connectivity index (χ4n) is 2.57. The van der Waals surface area contributed by atoms with E-state index in [-0.39, 0.29) is 18.4 Å². The molecule has 6 heteroatoms. The standard InChI is InChI=1S/C20H21N3O2S/c1-3-25-18-8-6-15(7-9-18)14(2)22-19(24)11-17-13-26-20(23-17)16-5-4-10-21-12-16/h4-10,12-14H,3,11H2,1-2H3,(H,22,24). The number of thiazole rings is 1. The smallest absolute Gasteiger partial charge is 0.226 e. The molecule has 0 bridgehead atoms. The Morgan fingerprint density at radius 3 is 2.77 bits per heavy atom. The van der Waals surface area contributed by atoms with Crippen LogP contribution in [0.1, 0.15) is 31.1 Å². The van der Waals surface area contributed by atoms with Crippen molar-refractivity contribution < 1.29 is 9.53 Å². The zero-order valence-electron chi connectivity index (χ0n) is 14.8. The average molecular weight is 367 g/mol. The maximum absolute atomic E-state index is 12.3. The van der Waals surface area contributed by atoms with Crippen LogP contribution in [0.4, 0.5) is 0 Å². The number of benzene rings is 1. The van der Waals surface area contributed by atoms with Crippen LogP contribution in [0.25, 0.3) is 10.6 Å². The molecule has 0 aliphatic rings. The van der Waals surface area contributed by atoms with Gasteiger partial charge in [-0.1, -0.05) is 12.1 Å². The largest absolute Gasteiger partial charge is 0.494 e. The number of carbonyl (C=O) groups excluding carboxylic acids is 1. The van der Waals surface area contributed by atoms with Crippen LogP contribution >= 0.6 is 11.3 Å². The molecule has 2 aromatic heterocycles. The third kappa shape index (κ3) is 4.67. The first-order valence-corrected chi connectivity index (χ1v) is 9.40. The second-order valence-corrected chi connectivity index (χ2v) is 6.71. The van der Waals surface area contributed by atoms with Crippen molar-refractivity contribution >= 4 is 17.2 Å². The molecule has 0 saturated carbocycles. The maximum Gasteiger partial charge on any atom is 0.226 e. The topological polar surface area (TPSA) is 64.1 Å². The number of rotatable bonds is 7. The van der Waals surface area contributed by atoms with Crippen molar-refractivity contribution in [3.8, 4) is 16.3 Å². The zero-order chi connectivity index (χ0) is 18.4. The second kappa shape index (κ2) is 8.58. The highest BCUT2D eigenvalue weighted by molar-refractivity contribution is 7.13. The molecule has 1 N–H and O–H groups in total. The van der Waals surface area contributed by atoms with Gasteiger partial charge in [-0.05, 0) is 43.7 Å². The second-order valence-electron chi connectivity index (χ2n) is 5.85. The van der Waals surface area contributed by atoms with Gasteiger partial charge in [-0.25, -0.2) is 4.98 Å². The van der Waals surface area contributed by atoms with Crippen molar-refractivity contribution in [3.63, 3.8) is 0 Å². The summed E-state index contributed by atoms with van der Waals surface area (Å²) < 4.78 is 5.44. The lowest BCUT2D eigenvalue weighted by Gasteiger charge is -2.14.